The third kappa shape index (κ3) is 5.00. The summed E-state index contributed by atoms with van der Waals surface area (Å²) in [4.78, 5) is 26.5. The third-order valence-electron chi connectivity index (χ3n) is 6.71. The molecule has 1 aliphatic rings. The smallest absolute Gasteiger partial charge is 0.336 e. The van der Waals surface area contributed by atoms with Crippen molar-refractivity contribution in [2.45, 2.75) is 63.5 Å². The van der Waals surface area contributed by atoms with Crippen LogP contribution in [0.15, 0.2) is 47.4 Å². The van der Waals surface area contributed by atoms with Crippen LogP contribution in [0.3, 0.4) is 0 Å². The fourth-order valence-electron chi connectivity index (χ4n) is 4.97. The fourth-order valence-corrected chi connectivity index (χ4v) is 6.58. The monoisotopic (exact) mass is 530 g/mol. The molecule has 1 N–H and O–H groups in total. The lowest BCUT2D eigenvalue weighted by Gasteiger charge is -2.36. The Morgan fingerprint density at radius 3 is 2.38 bits per heavy atom. The van der Waals surface area contributed by atoms with Crippen LogP contribution in [0.1, 0.15) is 62.2 Å². The van der Waals surface area contributed by atoms with Gasteiger partial charge in [-0.2, -0.15) is 0 Å². The molecule has 0 spiro atoms. The van der Waals surface area contributed by atoms with E-state index in [1.807, 2.05) is 18.7 Å². The number of aryl methyl sites for hydroxylation is 1. The summed E-state index contributed by atoms with van der Waals surface area (Å²) >= 11 is 0. The number of aromatic carboxylic acids is 1. The molecule has 10 heteroatoms. The highest BCUT2D eigenvalue weighted by molar-refractivity contribution is 7.90. The molecule has 1 saturated heterocycles. The zero-order valence-electron chi connectivity index (χ0n) is 21.5. The first-order valence-electron chi connectivity index (χ1n) is 12.0. The number of rotatable bonds is 6. The highest BCUT2D eigenvalue weighted by atomic mass is 32.2. The Kier molecular flexibility index (Phi) is 6.71. The van der Waals surface area contributed by atoms with Gasteiger partial charge < -0.3 is 9.84 Å². The van der Waals surface area contributed by atoms with Crippen molar-refractivity contribution in [2.24, 2.45) is 0 Å². The average molecular weight is 531 g/mol. The van der Waals surface area contributed by atoms with E-state index in [1.54, 1.807) is 32.9 Å². The number of benzene rings is 2. The molecule has 2 aromatic carbocycles. The van der Waals surface area contributed by atoms with Gasteiger partial charge in [0.05, 0.1) is 33.8 Å². The molecule has 1 fully saturated rings. The van der Waals surface area contributed by atoms with Crippen molar-refractivity contribution in [3.63, 3.8) is 0 Å². The number of aromatic nitrogens is 1. The Balaban J connectivity index is 1.97. The van der Waals surface area contributed by atoms with Crippen LogP contribution in [0.2, 0.25) is 0 Å². The topological polar surface area (TPSA) is 106 Å². The van der Waals surface area contributed by atoms with Gasteiger partial charge in [-0.05, 0) is 84.3 Å². The van der Waals surface area contributed by atoms with E-state index in [9.17, 15) is 27.5 Å². The van der Waals surface area contributed by atoms with E-state index in [0.717, 1.165) is 21.7 Å². The van der Waals surface area contributed by atoms with E-state index in [4.69, 9.17) is 4.74 Å². The summed E-state index contributed by atoms with van der Waals surface area (Å²) in [5.41, 5.74) is -0.947. The zero-order valence-corrected chi connectivity index (χ0v) is 22.4. The van der Waals surface area contributed by atoms with Crippen LogP contribution in [0, 0.1) is 12.7 Å². The number of halogens is 1. The number of hydrogen-bond acceptors (Lipinski definition) is 6. The number of carbonyl (C=O) groups is 2. The lowest BCUT2D eigenvalue weighted by Crippen LogP contribution is -2.45. The van der Waals surface area contributed by atoms with E-state index in [2.05, 4.69) is 0 Å². The summed E-state index contributed by atoms with van der Waals surface area (Å²) in [5.74, 6) is -2.69. The predicted molar refractivity (Wildman–Crippen MR) is 137 cm³/mol. The molecule has 37 heavy (non-hydrogen) atoms. The van der Waals surface area contributed by atoms with Crippen molar-refractivity contribution in [3.05, 3.63) is 65.1 Å². The minimum atomic E-state index is -4.27. The Labute approximate surface area is 215 Å². The van der Waals surface area contributed by atoms with Gasteiger partial charge in [0.2, 0.25) is 0 Å². The molecule has 4 rings (SSSR count). The molecule has 1 atom stereocenters. The van der Waals surface area contributed by atoms with E-state index in [0.29, 0.717) is 19.4 Å². The van der Waals surface area contributed by atoms with Crippen molar-refractivity contribution < 1.29 is 32.2 Å². The van der Waals surface area contributed by atoms with E-state index >= 15 is 0 Å². The molecule has 1 aliphatic heterocycles. The molecular weight excluding hydrogens is 499 g/mol. The zero-order chi connectivity index (χ0) is 27.3. The number of ether oxygens (including phenoxy) is 1. The Bertz CT molecular complexity index is 1490. The standard InChI is InChI=1S/C27H31FN2O6S/c1-17-7-9-19(10-8-17)37(34,35)30-22-14-18(28)13-21(25(32)33)20(22)15-23(30)27(5)11-6-12-29(27)16-24(31)36-26(2,3)4/h7-10,13-15H,6,11-12,16H2,1-5H3,(H,32,33)/t27-/m1/s1. The molecule has 0 amide bonds. The molecule has 1 aromatic heterocycles. The number of likely N-dealkylation sites (tertiary alicyclic amines) is 1. The van der Waals surface area contributed by atoms with Gasteiger partial charge in [0.25, 0.3) is 10.0 Å². The predicted octanol–water partition coefficient (Wildman–Crippen LogP) is 4.68. The van der Waals surface area contributed by atoms with Crippen molar-refractivity contribution >= 4 is 32.9 Å². The second-order valence-electron chi connectivity index (χ2n) is 10.7. The molecule has 0 aliphatic carbocycles. The number of carboxylic acid groups (broad SMARTS) is 1. The summed E-state index contributed by atoms with van der Waals surface area (Å²) in [6, 6.07) is 9.67. The van der Waals surface area contributed by atoms with Crippen LogP contribution in [0.25, 0.3) is 10.9 Å². The Morgan fingerprint density at radius 1 is 1.14 bits per heavy atom. The number of hydrogen-bond donors (Lipinski definition) is 1. The third-order valence-corrected chi connectivity index (χ3v) is 8.45. The van der Waals surface area contributed by atoms with Gasteiger partial charge in [0.1, 0.15) is 11.4 Å². The maximum Gasteiger partial charge on any atom is 0.336 e. The number of nitrogens with zero attached hydrogens (tertiary/aromatic N) is 2. The molecule has 0 bridgehead atoms. The number of carbonyl (C=O) groups excluding carboxylic acids is 1. The molecule has 3 aromatic rings. The maximum atomic E-state index is 14.6. The van der Waals surface area contributed by atoms with Gasteiger partial charge in [-0.3, -0.25) is 9.69 Å². The van der Waals surface area contributed by atoms with Crippen LogP contribution in [-0.2, 0) is 25.1 Å². The highest BCUT2D eigenvalue weighted by Crippen LogP contribution is 2.43. The first-order valence-corrected chi connectivity index (χ1v) is 13.5. The number of carboxylic acids is 1. The molecule has 0 unspecified atom stereocenters. The molecule has 0 saturated carbocycles. The highest BCUT2D eigenvalue weighted by Gasteiger charge is 2.44. The minimum Gasteiger partial charge on any atom is -0.478 e. The second kappa shape index (κ2) is 9.25. The van der Waals surface area contributed by atoms with Gasteiger partial charge in [0, 0.05) is 5.39 Å². The van der Waals surface area contributed by atoms with Crippen LogP contribution >= 0.6 is 0 Å². The average Bonchev–Trinajstić information content (AvgIpc) is 3.34. The summed E-state index contributed by atoms with van der Waals surface area (Å²) in [5, 5.41) is 9.87. The van der Waals surface area contributed by atoms with Crippen LogP contribution < -0.4 is 0 Å². The SMILES string of the molecule is Cc1ccc(S(=O)(=O)n2c([C@@]3(C)CCCN3CC(=O)OC(C)(C)C)cc3c(C(=O)O)cc(F)cc32)cc1. The van der Waals surface area contributed by atoms with Gasteiger partial charge >= 0.3 is 11.9 Å². The Hall–Kier alpha value is -3.24. The molecule has 198 valence electrons. The molecular formula is C27H31FN2O6S. The normalized spacial score (nSPS) is 18.9. The van der Waals surface area contributed by atoms with Crippen LogP contribution in [0.5, 0.6) is 0 Å². The summed E-state index contributed by atoms with van der Waals surface area (Å²) < 4.78 is 49.2. The maximum absolute atomic E-state index is 14.6. The number of fused-ring (bicyclic) bond motifs is 1. The largest absolute Gasteiger partial charge is 0.478 e. The lowest BCUT2D eigenvalue weighted by atomic mass is 9.94. The molecule has 0 radical (unpaired) electrons. The van der Waals surface area contributed by atoms with Crippen molar-refractivity contribution in [1.82, 2.24) is 8.87 Å². The minimum absolute atomic E-state index is 0.0155. The number of esters is 1. The lowest BCUT2D eigenvalue weighted by molar-refractivity contribution is -0.157. The van der Waals surface area contributed by atoms with E-state index in [1.165, 1.54) is 18.2 Å². The summed E-state index contributed by atoms with van der Waals surface area (Å²) in [7, 11) is -4.27. The van der Waals surface area contributed by atoms with Crippen molar-refractivity contribution in [1.29, 1.82) is 0 Å². The quantitative estimate of drug-likeness (QED) is 0.462. The molecule has 8 nitrogen and oxygen atoms in total. The van der Waals surface area contributed by atoms with Crippen molar-refractivity contribution in [2.75, 3.05) is 13.1 Å². The van der Waals surface area contributed by atoms with Crippen LogP contribution in [-0.4, -0.2) is 53.0 Å². The fraction of sp³-hybridized carbons (Fsp3) is 0.407. The molecule has 2 heterocycles. The van der Waals surface area contributed by atoms with Gasteiger partial charge in [-0.15, -0.1) is 0 Å². The van der Waals surface area contributed by atoms with E-state index in [-0.39, 0.29) is 33.6 Å². The Morgan fingerprint density at radius 2 is 1.78 bits per heavy atom. The van der Waals surface area contributed by atoms with Gasteiger partial charge in [0.15, 0.2) is 0 Å². The van der Waals surface area contributed by atoms with Crippen molar-refractivity contribution in [3.8, 4) is 0 Å². The first kappa shape index (κ1) is 26.8. The summed E-state index contributed by atoms with van der Waals surface area (Å²) in [6.45, 7) is 9.36. The van der Waals surface area contributed by atoms with Gasteiger partial charge in [-0.1, -0.05) is 17.7 Å². The van der Waals surface area contributed by atoms with E-state index < -0.39 is 38.9 Å². The summed E-state index contributed by atoms with van der Waals surface area (Å²) in [6.07, 6.45) is 1.17. The van der Waals surface area contributed by atoms with Gasteiger partial charge in [-0.25, -0.2) is 21.6 Å². The second-order valence-corrected chi connectivity index (χ2v) is 12.5. The first-order chi connectivity index (χ1) is 17.1. The van der Waals surface area contributed by atoms with Crippen LogP contribution in [0.4, 0.5) is 4.39 Å².